The van der Waals surface area contributed by atoms with E-state index in [-0.39, 0.29) is 12.5 Å². The smallest absolute Gasteiger partial charge is 0.231 e. The fraction of sp³-hybridized carbons (Fsp3) is 0.200. The molecule has 0 saturated heterocycles. The average molecular weight is 310 g/mol. The van der Waals surface area contributed by atoms with Crippen LogP contribution in [0.5, 0.6) is 17.2 Å². The van der Waals surface area contributed by atoms with Gasteiger partial charge in [-0.05, 0) is 29.8 Å². The molecule has 0 spiro atoms. The second-order valence-corrected chi connectivity index (χ2v) is 4.89. The van der Waals surface area contributed by atoms with Crippen LogP contribution in [0.15, 0.2) is 30.3 Å². The second kappa shape index (κ2) is 5.69. The summed E-state index contributed by atoms with van der Waals surface area (Å²) in [7, 11) is 1.56. The Kier molecular flexibility index (Phi) is 3.75. The number of fused-ring (bicyclic) bond motifs is 1. The summed E-state index contributed by atoms with van der Waals surface area (Å²) < 4.78 is 29.6. The quantitative estimate of drug-likeness (QED) is 0.932. The van der Waals surface area contributed by atoms with Crippen LogP contribution >= 0.6 is 11.6 Å². The summed E-state index contributed by atoms with van der Waals surface area (Å²) >= 11 is 5.98. The molecular weight excluding hydrogens is 297 g/mol. The van der Waals surface area contributed by atoms with Gasteiger partial charge < -0.3 is 19.5 Å². The molecule has 0 amide bonds. The molecule has 110 valence electrons. The van der Waals surface area contributed by atoms with Gasteiger partial charge in [0.05, 0.1) is 17.8 Å². The molecule has 1 N–H and O–H groups in total. The zero-order valence-corrected chi connectivity index (χ0v) is 12.0. The summed E-state index contributed by atoms with van der Waals surface area (Å²) in [5.41, 5.74) is 1.14. The number of rotatable bonds is 4. The Labute approximate surface area is 126 Å². The van der Waals surface area contributed by atoms with Crippen molar-refractivity contribution in [2.24, 2.45) is 0 Å². The van der Waals surface area contributed by atoms with Crippen molar-refractivity contribution in [2.45, 2.75) is 6.54 Å². The van der Waals surface area contributed by atoms with Crippen molar-refractivity contribution in [3.63, 3.8) is 0 Å². The highest BCUT2D eigenvalue weighted by atomic mass is 35.5. The van der Waals surface area contributed by atoms with Gasteiger partial charge in [0.1, 0.15) is 5.82 Å². The van der Waals surface area contributed by atoms with E-state index in [0.29, 0.717) is 28.8 Å². The maximum atomic E-state index is 13.7. The van der Waals surface area contributed by atoms with Gasteiger partial charge in [-0.2, -0.15) is 0 Å². The molecule has 2 aromatic rings. The molecule has 4 nitrogen and oxygen atoms in total. The minimum atomic E-state index is -0.393. The molecular formula is C15H13ClFNO3. The molecule has 0 aromatic heterocycles. The highest BCUT2D eigenvalue weighted by Gasteiger charge is 2.20. The van der Waals surface area contributed by atoms with Gasteiger partial charge in [0.15, 0.2) is 11.5 Å². The molecule has 1 aliphatic rings. The lowest BCUT2D eigenvalue weighted by atomic mass is 10.1. The Bertz CT molecular complexity index is 658. The molecule has 6 heteroatoms. The first-order valence-electron chi connectivity index (χ1n) is 6.33. The molecule has 1 heterocycles. The number of anilines is 1. The van der Waals surface area contributed by atoms with Crippen LogP contribution in [0.2, 0.25) is 5.02 Å². The number of benzene rings is 2. The number of ether oxygens (including phenoxy) is 3. The molecule has 0 bridgehead atoms. The molecule has 1 aliphatic heterocycles. The lowest BCUT2D eigenvalue weighted by Crippen LogP contribution is -2.02. The lowest BCUT2D eigenvalue weighted by Gasteiger charge is -2.11. The number of methoxy groups -OCH3 is 1. The van der Waals surface area contributed by atoms with E-state index in [9.17, 15) is 4.39 Å². The summed E-state index contributed by atoms with van der Waals surface area (Å²) in [5.74, 6) is 1.40. The average Bonchev–Trinajstić information content (AvgIpc) is 2.94. The maximum Gasteiger partial charge on any atom is 0.231 e. The summed E-state index contributed by atoms with van der Waals surface area (Å²) in [6, 6.07) is 8.19. The number of halogens is 2. The fourth-order valence-electron chi connectivity index (χ4n) is 2.14. The van der Waals surface area contributed by atoms with E-state index in [1.54, 1.807) is 19.2 Å². The minimum absolute atomic E-state index is 0.168. The number of hydrogen-bond donors (Lipinski definition) is 1. The van der Waals surface area contributed by atoms with E-state index in [0.717, 1.165) is 5.56 Å². The van der Waals surface area contributed by atoms with Crippen LogP contribution in [0.3, 0.4) is 0 Å². The van der Waals surface area contributed by atoms with Gasteiger partial charge in [0.2, 0.25) is 12.5 Å². The Balaban J connectivity index is 1.83. The first-order valence-corrected chi connectivity index (χ1v) is 6.71. The number of nitrogens with one attached hydrogen (secondary N) is 1. The van der Waals surface area contributed by atoms with Gasteiger partial charge in [-0.25, -0.2) is 4.39 Å². The van der Waals surface area contributed by atoms with E-state index in [1.165, 1.54) is 6.07 Å². The zero-order chi connectivity index (χ0) is 14.8. The van der Waals surface area contributed by atoms with E-state index < -0.39 is 5.82 Å². The van der Waals surface area contributed by atoms with Crippen molar-refractivity contribution in [3.8, 4) is 17.2 Å². The van der Waals surface area contributed by atoms with E-state index in [4.69, 9.17) is 25.8 Å². The van der Waals surface area contributed by atoms with Gasteiger partial charge >= 0.3 is 0 Å². The third-order valence-corrected chi connectivity index (χ3v) is 3.47. The molecule has 3 rings (SSSR count). The van der Waals surface area contributed by atoms with Gasteiger partial charge in [0.25, 0.3) is 0 Å². The van der Waals surface area contributed by atoms with Crippen LogP contribution in [0.25, 0.3) is 0 Å². The summed E-state index contributed by atoms with van der Waals surface area (Å²) in [4.78, 5) is 0. The Morgan fingerprint density at radius 3 is 2.95 bits per heavy atom. The predicted octanol–water partition coefficient (Wildman–Crippen LogP) is 3.83. The predicted molar refractivity (Wildman–Crippen MR) is 77.9 cm³/mol. The molecule has 0 fully saturated rings. The third kappa shape index (κ3) is 2.69. The normalized spacial score (nSPS) is 12.3. The molecule has 21 heavy (non-hydrogen) atoms. The summed E-state index contributed by atoms with van der Waals surface area (Å²) in [5, 5.41) is 3.32. The van der Waals surface area contributed by atoms with Crippen molar-refractivity contribution >= 4 is 17.3 Å². The molecule has 0 atom stereocenters. The van der Waals surface area contributed by atoms with Gasteiger partial charge in [0, 0.05) is 6.54 Å². The van der Waals surface area contributed by atoms with Gasteiger partial charge in [-0.3, -0.25) is 0 Å². The first kappa shape index (κ1) is 13.8. The standard InChI is InChI=1S/C15H13ClFNO3/c1-19-12-5-9(6-13-15(12)21-8-20-13)7-18-14-10(16)3-2-4-11(14)17/h2-6,18H,7-8H2,1H3. The molecule has 0 aliphatic carbocycles. The lowest BCUT2D eigenvalue weighted by molar-refractivity contribution is 0.171. The Morgan fingerprint density at radius 1 is 1.33 bits per heavy atom. The van der Waals surface area contributed by atoms with Crippen molar-refractivity contribution in [1.29, 1.82) is 0 Å². The Morgan fingerprint density at radius 2 is 2.19 bits per heavy atom. The monoisotopic (exact) mass is 309 g/mol. The van der Waals surface area contributed by atoms with Crippen LogP contribution < -0.4 is 19.5 Å². The SMILES string of the molecule is COc1cc(CNc2c(F)cccc2Cl)cc2c1OCO2. The molecule has 0 radical (unpaired) electrons. The highest BCUT2D eigenvalue weighted by Crippen LogP contribution is 2.42. The highest BCUT2D eigenvalue weighted by molar-refractivity contribution is 6.33. The third-order valence-electron chi connectivity index (χ3n) is 3.15. The van der Waals surface area contributed by atoms with Gasteiger partial charge in [-0.15, -0.1) is 0 Å². The van der Waals surface area contributed by atoms with E-state index in [1.807, 2.05) is 12.1 Å². The van der Waals surface area contributed by atoms with Crippen molar-refractivity contribution in [3.05, 3.63) is 46.7 Å². The second-order valence-electron chi connectivity index (χ2n) is 4.48. The minimum Gasteiger partial charge on any atom is -0.493 e. The molecule has 0 unspecified atom stereocenters. The van der Waals surface area contributed by atoms with Crippen LogP contribution in [-0.2, 0) is 6.54 Å². The topological polar surface area (TPSA) is 39.7 Å². The van der Waals surface area contributed by atoms with Gasteiger partial charge in [-0.1, -0.05) is 17.7 Å². The fourth-order valence-corrected chi connectivity index (χ4v) is 2.37. The van der Waals surface area contributed by atoms with E-state index in [2.05, 4.69) is 5.32 Å². The maximum absolute atomic E-state index is 13.7. The largest absolute Gasteiger partial charge is 0.493 e. The number of hydrogen-bond acceptors (Lipinski definition) is 4. The van der Waals surface area contributed by atoms with Crippen LogP contribution in [0.1, 0.15) is 5.56 Å². The summed E-state index contributed by atoms with van der Waals surface area (Å²) in [6.07, 6.45) is 0. The van der Waals surface area contributed by atoms with Crippen LogP contribution in [-0.4, -0.2) is 13.9 Å². The van der Waals surface area contributed by atoms with Crippen LogP contribution in [0.4, 0.5) is 10.1 Å². The van der Waals surface area contributed by atoms with Crippen molar-refractivity contribution in [1.82, 2.24) is 0 Å². The van der Waals surface area contributed by atoms with Crippen molar-refractivity contribution < 1.29 is 18.6 Å². The number of para-hydroxylation sites is 1. The van der Waals surface area contributed by atoms with Crippen molar-refractivity contribution in [2.75, 3.05) is 19.2 Å². The molecule has 2 aromatic carbocycles. The summed E-state index contributed by atoms with van der Waals surface area (Å²) in [6.45, 7) is 0.551. The zero-order valence-electron chi connectivity index (χ0n) is 11.3. The molecule has 0 saturated carbocycles. The first-order chi connectivity index (χ1) is 10.2. The van der Waals surface area contributed by atoms with E-state index >= 15 is 0 Å². The van der Waals surface area contributed by atoms with Crippen LogP contribution in [0, 0.1) is 5.82 Å². The Hall–Kier alpha value is -2.14.